The maximum atomic E-state index is 13.5. The molecule has 0 unspecified atom stereocenters. The van der Waals surface area contributed by atoms with E-state index in [-0.39, 0.29) is 30.2 Å². The fraction of sp³-hybridized carbons (Fsp3) is 0.409. The second-order valence-corrected chi connectivity index (χ2v) is 10.2. The van der Waals surface area contributed by atoms with Gasteiger partial charge in [-0.1, -0.05) is 17.7 Å². The number of hydrogen-bond acceptors (Lipinski definition) is 6. The first-order valence-corrected chi connectivity index (χ1v) is 11.9. The van der Waals surface area contributed by atoms with Crippen molar-refractivity contribution in [1.82, 2.24) is 4.31 Å². The van der Waals surface area contributed by atoms with E-state index >= 15 is 0 Å². The SMILES string of the molecule is COc1ccc(OC)c(S(=O)(=O)N2CCC[C@](COc3cccc(Cl)c3)(CC(N)=O)C2)c1. The zero-order valence-electron chi connectivity index (χ0n) is 18.0. The molecule has 1 aliphatic heterocycles. The monoisotopic (exact) mass is 482 g/mol. The summed E-state index contributed by atoms with van der Waals surface area (Å²) in [4.78, 5) is 11.9. The first kappa shape index (κ1) is 24.2. The third-order valence-electron chi connectivity index (χ3n) is 5.51. The number of nitrogens with zero attached hydrogens (tertiary/aromatic N) is 1. The number of benzene rings is 2. The largest absolute Gasteiger partial charge is 0.497 e. The minimum Gasteiger partial charge on any atom is -0.497 e. The van der Waals surface area contributed by atoms with Crippen molar-refractivity contribution in [1.29, 1.82) is 0 Å². The lowest BCUT2D eigenvalue weighted by molar-refractivity contribution is -0.121. The van der Waals surface area contributed by atoms with E-state index in [0.29, 0.717) is 35.9 Å². The molecule has 0 bridgehead atoms. The number of primary amides is 1. The molecule has 0 aromatic heterocycles. The third-order valence-corrected chi connectivity index (χ3v) is 7.61. The number of methoxy groups -OCH3 is 2. The molecule has 1 amide bonds. The number of hydrogen-bond donors (Lipinski definition) is 1. The van der Waals surface area contributed by atoms with E-state index in [9.17, 15) is 13.2 Å². The zero-order valence-corrected chi connectivity index (χ0v) is 19.6. The molecular weight excluding hydrogens is 456 g/mol. The summed E-state index contributed by atoms with van der Waals surface area (Å²) in [7, 11) is -1.06. The van der Waals surface area contributed by atoms with Crippen LogP contribution in [-0.4, -0.2) is 52.5 Å². The van der Waals surface area contributed by atoms with Gasteiger partial charge in [0.15, 0.2) is 0 Å². The van der Waals surface area contributed by atoms with E-state index < -0.39 is 21.3 Å². The number of halogens is 1. The standard InChI is InChI=1S/C22H27ClN2O6S/c1-29-17-7-8-19(30-2)20(12-17)32(27,28)25-10-4-9-22(14-25,13-21(24)26)15-31-18-6-3-5-16(23)11-18/h3,5-8,11-12H,4,9-10,13-15H2,1-2H3,(H2,24,26)/t22-/m0/s1. The molecule has 2 aromatic carbocycles. The van der Waals surface area contributed by atoms with Crippen LogP contribution in [0.25, 0.3) is 0 Å². The molecule has 0 radical (unpaired) electrons. The number of amides is 1. The molecule has 32 heavy (non-hydrogen) atoms. The van der Waals surface area contributed by atoms with Crippen LogP contribution in [0.3, 0.4) is 0 Å². The fourth-order valence-corrected chi connectivity index (χ4v) is 5.91. The van der Waals surface area contributed by atoms with Crippen molar-refractivity contribution in [2.45, 2.75) is 24.2 Å². The van der Waals surface area contributed by atoms with Crippen molar-refractivity contribution in [3.8, 4) is 17.2 Å². The van der Waals surface area contributed by atoms with E-state index in [1.165, 1.54) is 24.6 Å². The van der Waals surface area contributed by atoms with Crippen molar-refractivity contribution in [3.05, 3.63) is 47.5 Å². The summed E-state index contributed by atoms with van der Waals surface area (Å²) in [6.07, 6.45) is 1.14. The van der Waals surface area contributed by atoms with Crippen LogP contribution >= 0.6 is 11.6 Å². The van der Waals surface area contributed by atoms with Crippen LogP contribution in [0.15, 0.2) is 47.4 Å². The van der Waals surface area contributed by atoms with Gasteiger partial charge >= 0.3 is 0 Å². The molecule has 1 saturated heterocycles. The third kappa shape index (κ3) is 5.46. The van der Waals surface area contributed by atoms with Gasteiger partial charge in [0.2, 0.25) is 15.9 Å². The Morgan fingerprint density at radius 1 is 1.16 bits per heavy atom. The molecule has 1 fully saturated rings. The number of ether oxygens (including phenoxy) is 3. The van der Waals surface area contributed by atoms with Crippen LogP contribution in [-0.2, 0) is 14.8 Å². The minimum atomic E-state index is -3.93. The lowest BCUT2D eigenvalue weighted by Crippen LogP contribution is -2.50. The van der Waals surface area contributed by atoms with Crippen LogP contribution in [0, 0.1) is 5.41 Å². The van der Waals surface area contributed by atoms with Gasteiger partial charge in [0, 0.05) is 36.0 Å². The van der Waals surface area contributed by atoms with Crippen LogP contribution in [0.2, 0.25) is 5.02 Å². The Kier molecular flexibility index (Phi) is 7.53. The van der Waals surface area contributed by atoms with Gasteiger partial charge in [-0.25, -0.2) is 8.42 Å². The smallest absolute Gasteiger partial charge is 0.246 e. The second kappa shape index (κ2) is 9.97. The van der Waals surface area contributed by atoms with Crippen molar-refractivity contribution in [2.75, 3.05) is 33.9 Å². The molecule has 0 aliphatic carbocycles. The highest BCUT2D eigenvalue weighted by atomic mass is 35.5. The van der Waals surface area contributed by atoms with Gasteiger partial charge in [0.25, 0.3) is 0 Å². The lowest BCUT2D eigenvalue weighted by Gasteiger charge is -2.41. The Balaban J connectivity index is 1.90. The van der Waals surface area contributed by atoms with Gasteiger partial charge in [-0.15, -0.1) is 0 Å². The summed E-state index contributed by atoms with van der Waals surface area (Å²) < 4.78 is 44.8. The number of carbonyl (C=O) groups is 1. The van der Waals surface area contributed by atoms with Crippen LogP contribution in [0.4, 0.5) is 0 Å². The minimum absolute atomic E-state index is 0.00462. The predicted octanol–water partition coefficient (Wildman–Crippen LogP) is 3.08. The van der Waals surface area contributed by atoms with E-state index in [1.807, 2.05) is 0 Å². The van der Waals surface area contributed by atoms with Crippen LogP contribution in [0.1, 0.15) is 19.3 Å². The summed E-state index contributed by atoms with van der Waals surface area (Å²) in [5.74, 6) is 0.634. The highest BCUT2D eigenvalue weighted by molar-refractivity contribution is 7.89. The number of sulfonamides is 1. The molecule has 1 atom stereocenters. The Morgan fingerprint density at radius 2 is 1.94 bits per heavy atom. The molecule has 0 saturated carbocycles. The van der Waals surface area contributed by atoms with Crippen molar-refractivity contribution in [3.63, 3.8) is 0 Å². The van der Waals surface area contributed by atoms with Crippen molar-refractivity contribution in [2.24, 2.45) is 11.1 Å². The van der Waals surface area contributed by atoms with Gasteiger partial charge < -0.3 is 19.9 Å². The van der Waals surface area contributed by atoms with Crippen LogP contribution < -0.4 is 19.9 Å². The maximum Gasteiger partial charge on any atom is 0.246 e. The zero-order chi connectivity index (χ0) is 23.4. The van der Waals surface area contributed by atoms with Gasteiger partial charge in [-0.05, 0) is 43.2 Å². The molecule has 2 aromatic rings. The molecule has 174 valence electrons. The topological polar surface area (TPSA) is 108 Å². The summed E-state index contributed by atoms with van der Waals surface area (Å²) in [6.45, 7) is 0.511. The number of piperidine rings is 1. The Bertz CT molecular complexity index is 1080. The molecular formula is C22H27ClN2O6S. The van der Waals surface area contributed by atoms with Gasteiger partial charge in [0.05, 0.1) is 20.8 Å². The van der Waals surface area contributed by atoms with E-state index in [4.69, 9.17) is 31.5 Å². The quantitative estimate of drug-likeness (QED) is 0.588. The fourth-order valence-electron chi connectivity index (χ4n) is 3.97. The summed E-state index contributed by atoms with van der Waals surface area (Å²) in [5.41, 5.74) is 4.76. The average molecular weight is 483 g/mol. The first-order valence-electron chi connectivity index (χ1n) is 10.1. The second-order valence-electron chi connectivity index (χ2n) is 7.85. The van der Waals surface area contributed by atoms with Crippen molar-refractivity contribution >= 4 is 27.5 Å². The summed E-state index contributed by atoms with van der Waals surface area (Å²) >= 11 is 6.03. The van der Waals surface area contributed by atoms with Crippen molar-refractivity contribution < 1.29 is 27.4 Å². The normalized spacial score (nSPS) is 19.3. The lowest BCUT2D eigenvalue weighted by atomic mass is 9.78. The Morgan fingerprint density at radius 3 is 2.59 bits per heavy atom. The molecule has 2 N–H and O–H groups in total. The predicted molar refractivity (Wildman–Crippen MR) is 121 cm³/mol. The van der Waals surface area contributed by atoms with E-state index in [0.717, 1.165) is 0 Å². The Labute approximate surface area is 193 Å². The van der Waals surface area contributed by atoms with Gasteiger partial charge in [-0.2, -0.15) is 4.31 Å². The maximum absolute atomic E-state index is 13.5. The van der Waals surface area contributed by atoms with E-state index in [2.05, 4.69) is 0 Å². The number of carbonyl (C=O) groups excluding carboxylic acids is 1. The van der Waals surface area contributed by atoms with E-state index in [1.54, 1.807) is 36.4 Å². The molecule has 8 nitrogen and oxygen atoms in total. The average Bonchev–Trinajstić information content (AvgIpc) is 2.77. The number of nitrogens with two attached hydrogens (primary N) is 1. The molecule has 0 spiro atoms. The highest BCUT2D eigenvalue weighted by Crippen LogP contribution is 2.39. The highest BCUT2D eigenvalue weighted by Gasteiger charge is 2.42. The summed E-state index contributed by atoms with van der Waals surface area (Å²) in [5, 5.41) is 0.518. The van der Waals surface area contributed by atoms with Gasteiger partial charge in [-0.3, -0.25) is 4.79 Å². The van der Waals surface area contributed by atoms with Crippen LogP contribution in [0.5, 0.6) is 17.2 Å². The van der Waals surface area contributed by atoms with Gasteiger partial charge in [0.1, 0.15) is 22.1 Å². The first-order chi connectivity index (χ1) is 15.2. The molecule has 10 heteroatoms. The molecule has 1 aliphatic rings. The summed E-state index contributed by atoms with van der Waals surface area (Å²) in [6, 6.07) is 11.5. The molecule has 3 rings (SSSR count). The Hall–Kier alpha value is -2.49. The number of rotatable bonds is 9. The molecule has 1 heterocycles.